The maximum atomic E-state index is 14.6. The smallest absolute Gasteiger partial charge is 0.320 e. The van der Waals surface area contributed by atoms with Gasteiger partial charge in [-0.2, -0.15) is 0 Å². The molecule has 0 radical (unpaired) electrons. The van der Waals surface area contributed by atoms with Gasteiger partial charge in [0.1, 0.15) is 17.3 Å². The van der Waals surface area contributed by atoms with Crippen LogP contribution in [0.1, 0.15) is 38.2 Å². The zero-order chi connectivity index (χ0) is 22.7. The van der Waals surface area contributed by atoms with Crippen LogP contribution in [0.3, 0.4) is 0 Å². The van der Waals surface area contributed by atoms with Crippen LogP contribution in [0, 0.1) is 0 Å². The Morgan fingerprint density at radius 2 is 2.28 bits per heavy atom. The third-order valence-corrected chi connectivity index (χ3v) is 6.12. The highest BCUT2D eigenvalue weighted by Gasteiger charge is 2.29. The summed E-state index contributed by atoms with van der Waals surface area (Å²) >= 11 is 6.10. The fourth-order valence-electron chi connectivity index (χ4n) is 4.25. The molecule has 0 saturated carbocycles. The largest absolute Gasteiger partial charge is 0.367 e. The summed E-state index contributed by atoms with van der Waals surface area (Å²) in [5, 5.41) is 7.61. The van der Waals surface area contributed by atoms with E-state index in [1.54, 1.807) is 23.4 Å². The SMILES string of the molecule is CCCN(C)C(=O)N1CCCC[C@@H]1CNC1=C(F)CN=C(c2c[nH]c3ncc(Cl)cc23)N1. The van der Waals surface area contributed by atoms with Gasteiger partial charge in [0.15, 0.2) is 5.83 Å². The molecule has 172 valence electrons. The van der Waals surface area contributed by atoms with E-state index < -0.39 is 0 Å². The lowest BCUT2D eigenvalue weighted by atomic mass is 10.0. The van der Waals surface area contributed by atoms with Gasteiger partial charge in [0.2, 0.25) is 0 Å². The Balaban J connectivity index is 1.44. The highest BCUT2D eigenvalue weighted by atomic mass is 35.5. The first kappa shape index (κ1) is 22.4. The van der Waals surface area contributed by atoms with Crippen molar-refractivity contribution >= 4 is 34.5 Å². The Hall–Kier alpha value is -2.81. The average molecular weight is 462 g/mol. The molecule has 2 aliphatic rings. The number of aliphatic imine (C=N–C) groups is 1. The van der Waals surface area contributed by atoms with Crippen molar-refractivity contribution in [2.24, 2.45) is 4.99 Å². The van der Waals surface area contributed by atoms with Gasteiger partial charge in [-0.3, -0.25) is 4.99 Å². The first-order valence-corrected chi connectivity index (χ1v) is 11.4. The summed E-state index contributed by atoms with van der Waals surface area (Å²) in [5.74, 6) is 0.476. The van der Waals surface area contributed by atoms with Gasteiger partial charge in [-0.1, -0.05) is 18.5 Å². The van der Waals surface area contributed by atoms with Crippen LogP contribution in [0.4, 0.5) is 9.18 Å². The lowest BCUT2D eigenvalue weighted by molar-refractivity contribution is 0.122. The van der Waals surface area contributed by atoms with Crippen molar-refractivity contribution < 1.29 is 9.18 Å². The molecule has 8 nitrogen and oxygen atoms in total. The van der Waals surface area contributed by atoms with E-state index in [4.69, 9.17) is 11.6 Å². The third kappa shape index (κ3) is 4.67. The number of aromatic amines is 1. The molecule has 2 aromatic heterocycles. The van der Waals surface area contributed by atoms with Gasteiger partial charge >= 0.3 is 6.03 Å². The Bertz CT molecular complexity index is 1050. The number of likely N-dealkylation sites (tertiary alicyclic amines) is 1. The molecule has 3 N–H and O–H groups in total. The molecule has 2 amide bonds. The third-order valence-electron chi connectivity index (χ3n) is 5.92. The van der Waals surface area contributed by atoms with Gasteiger partial charge in [-0.15, -0.1) is 0 Å². The van der Waals surface area contributed by atoms with E-state index in [1.807, 2.05) is 11.9 Å². The maximum Gasteiger partial charge on any atom is 0.320 e. The second-order valence-electron chi connectivity index (χ2n) is 8.25. The molecule has 4 rings (SSSR count). The summed E-state index contributed by atoms with van der Waals surface area (Å²) in [6.07, 6.45) is 7.20. The monoisotopic (exact) mass is 461 g/mol. The number of hydrogen-bond acceptors (Lipinski definition) is 5. The molecule has 1 atom stereocenters. The van der Waals surface area contributed by atoms with Crippen molar-refractivity contribution in [3.05, 3.63) is 40.7 Å². The van der Waals surface area contributed by atoms with Crippen molar-refractivity contribution in [3.63, 3.8) is 0 Å². The minimum absolute atomic E-state index is 0.0102. The van der Waals surface area contributed by atoms with Crippen LogP contribution < -0.4 is 10.6 Å². The van der Waals surface area contributed by atoms with Crippen LogP contribution >= 0.6 is 11.6 Å². The normalized spacial score (nSPS) is 19.1. The van der Waals surface area contributed by atoms with Gasteiger partial charge in [0.25, 0.3) is 0 Å². The fourth-order valence-corrected chi connectivity index (χ4v) is 4.41. The molecule has 1 saturated heterocycles. The topological polar surface area (TPSA) is 88.7 Å². The summed E-state index contributed by atoms with van der Waals surface area (Å²) in [6, 6.07) is 1.85. The Morgan fingerprint density at radius 1 is 1.44 bits per heavy atom. The van der Waals surface area contributed by atoms with E-state index >= 15 is 0 Å². The van der Waals surface area contributed by atoms with Gasteiger partial charge in [0.05, 0.1) is 17.6 Å². The Labute approximate surface area is 191 Å². The number of H-pyrrole nitrogens is 1. The molecule has 0 spiro atoms. The minimum Gasteiger partial charge on any atom is -0.367 e. The highest BCUT2D eigenvalue weighted by molar-refractivity contribution is 6.31. The van der Waals surface area contributed by atoms with E-state index in [1.165, 1.54) is 0 Å². The number of rotatable bonds is 6. The van der Waals surface area contributed by atoms with Crippen LogP contribution in [0.25, 0.3) is 11.0 Å². The zero-order valence-electron chi connectivity index (χ0n) is 18.4. The molecule has 0 aromatic carbocycles. The number of amidine groups is 1. The number of nitrogens with one attached hydrogen (secondary N) is 3. The van der Waals surface area contributed by atoms with E-state index in [2.05, 4.69) is 32.5 Å². The molecular formula is C22H29ClFN7O. The molecule has 0 aliphatic carbocycles. The summed E-state index contributed by atoms with van der Waals surface area (Å²) in [4.78, 5) is 28.2. The van der Waals surface area contributed by atoms with E-state index in [0.29, 0.717) is 28.9 Å². The number of amides is 2. The lowest BCUT2D eigenvalue weighted by Gasteiger charge is -2.38. The number of hydrogen-bond donors (Lipinski definition) is 3. The second-order valence-corrected chi connectivity index (χ2v) is 8.69. The maximum absolute atomic E-state index is 14.6. The summed E-state index contributed by atoms with van der Waals surface area (Å²) in [5.41, 5.74) is 1.46. The number of carbonyl (C=O) groups excluding carboxylic acids is 1. The minimum atomic E-state index is -0.360. The molecule has 4 heterocycles. The average Bonchev–Trinajstić information content (AvgIpc) is 3.21. The van der Waals surface area contributed by atoms with Gasteiger partial charge < -0.3 is 25.4 Å². The predicted octanol–water partition coefficient (Wildman–Crippen LogP) is 3.61. The number of nitrogens with zero attached hydrogens (tertiary/aromatic N) is 4. The highest BCUT2D eigenvalue weighted by Crippen LogP contribution is 2.23. The second kappa shape index (κ2) is 9.77. The lowest BCUT2D eigenvalue weighted by Crippen LogP contribution is -2.53. The summed E-state index contributed by atoms with van der Waals surface area (Å²) in [6.45, 7) is 3.91. The van der Waals surface area contributed by atoms with E-state index in [-0.39, 0.29) is 24.4 Å². The molecule has 10 heteroatoms. The molecule has 2 aromatic rings. The van der Waals surface area contributed by atoms with Crippen molar-refractivity contribution in [1.29, 1.82) is 0 Å². The van der Waals surface area contributed by atoms with Crippen LogP contribution in [0.15, 0.2) is 35.1 Å². The van der Waals surface area contributed by atoms with E-state index in [9.17, 15) is 9.18 Å². The van der Waals surface area contributed by atoms with Crippen molar-refractivity contribution in [3.8, 4) is 0 Å². The zero-order valence-corrected chi connectivity index (χ0v) is 19.2. The summed E-state index contributed by atoms with van der Waals surface area (Å²) < 4.78 is 14.6. The fraction of sp³-hybridized carbons (Fsp3) is 0.500. The van der Waals surface area contributed by atoms with Crippen LogP contribution in [-0.2, 0) is 0 Å². The van der Waals surface area contributed by atoms with Gasteiger partial charge in [-0.25, -0.2) is 14.2 Å². The predicted molar refractivity (Wildman–Crippen MR) is 124 cm³/mol. The van der Waals surface area contributed by atoms with Gasteiger partial charge in [0, 0.05) is 50.0 Å². The number of fused-ring (bicyclic) bond motifs is 1. The van der Waals surface area contributed by atoms with Crippen molar-refractivity contribution in [1.82, 2.24) is 30.4 Å². The van der Waals surface area contributed by atoms with Gasteiger partial charge in [-0.05, 0) is 31.7 Å². The molecule has 32 heavy (non-hydrogen) atoms. The van der Waals surface area contributed by atoms with Crippen LogP contribution in [0.2, 0.25) is 5.02 Å². The molecule has 0 unspecified atom stereocenters. The number of aromatic nitrogens is 2. The van der Waals surface area contributed by atoms with Crippen LogP contribution in [-0.4, -0.2) is 70.9 Å². The number of urea groups is 1. The number of piperidine rings is 1. The van der Waals surface area contributed by atoms with Crippen molar-refractivity contribution in [2.75, 3.05) is 33.2 Å². The Kier molecular flexibility index (Phi) is 6.83. The van der Waals surface area contributed by atoms with Crippen LogP contribution in [0.5, 0.6) is 0 Å². The number of carbonyl (C=O) groups is 1. The van der Waals surface area contributed by atoms with Crippen molar-refractivity contribution in [2.45, 2.75) is 38.6 Å². The molecule has 2 aliphatic heterocycles. The molecule has 0 bridgehead atoms. The standard InChI is InChI=1S/C22H29ClFN7O/c1-3-7-30(2)22(32)31-8-5-4-6-15(31)11-26-21-18(24)13-28-20(29-21)17-12-27-19-16(17)9-14(23)10-25-19/h9-10,12,15,26H,3-8,11,13H2,1-2H3,(H,25,27)(H,28,29)/t15-/m1/s1. The number of pyridine rings is 1. The quantitative estimate of drug-likeness (QED) is 0.613. The van der Waals surface area contributed by atoms with E-state index in [0.717, 1.165) is 49.7 Å². The first-order chi connectivity index (χ1) is 15.5. The Morgan fingerprint density at radius 3 is 3.09 bits per heavy atom. The number of halogens is 2. The summed E-state index contributed by atoms with van der Waals surface area (Å²) in [7, 11) is 1.83. The molecular weight excluding hydrogens is 433 g/mol. The first-order valence-electron chi connectivity index (χ1n) is 11.1. The molecule has 1 fully saturated rings.